The Morgan fingerprint density at radius 1 is 1.27 bits per heavy atom. The molecule has 122 valence electrons. The summed E-state index contributed by atoms with van der Waals surface area (Å²) in [5.41, 5.74) is 0. The van der Waals surface area contributed by atoms with Gasteiger partial charge in [-0.25, -0.2) is 17.9 Å². The minimum absolute atomic E-state index is 0.0925. The summed E-state index contributed by atoms with van der Waals surface area (Å²) in [6.45, 7) is 3.23. The van der Waals surface area contributed by atoms with Gasteiger partial charge >= 0.3 is 6.09 Å². The molecule has 7 heteroatoms. The van der Waals surface area contributed by atoms with Gasteiger partial charge in [0.2, 0.25) is 10.0 Å². The maximum Gasteiger partial charge on any atom is 0.415 e. The van der Waals surface area contributed by atoms with Crippen LogP contribution in [-0.2, 0) is 10.0 Å². The second-order valence-corrected chi connectivity index (χ2v) is 7.46. The number of hydrogen-bond donors (Lipinski definition) is 1. The van der Waals surface area contributed by atoms with E-state index >= 15 is 0 Å². The highest BCUT2D eigenvalue weighted by atomic mass is 32.2. The van der Waals surface area contributed by atoms with Crippen LogP contribution in [0.3, 0.4) is 0 Å². The minimum Gasteiger partial charge on any atom is -0.410 e. The second-order valence-electron chi connectivity index (χ2n) is 5.36. The van der Waals surface area contributed by atoms with Gasteiger partial charge in [-0.05, 0) is 37.8 Å². The Kier molecular flexibility index (Phi) is 5.79. The van der Waals surface area contributed by atoms with Gasteiger partial charge in [-0.3, -0.25) is 0 Å². The summed E-state index contributed by atoms with van der Waals surface area (Å²) in [6, 6.07) is 8.97. The molecule has 0 aliphatic carbocycles. The predicted molar refractivity (Wildman–Crippen MR) is 84.2 cm³/mol. The topological polar surface area (TPSA) is 75.7 Å². The molecule has 0 radical (unpaired) electrons. The largest absolute Gasteiger partial charge is 0.415 e. The van der Waals surface area contributed by atoms with Crippen molar-refractivity contribution in [3.63, 3.8) is 0 Å². The van der Waals surface area contributed by atoms with Crippen LogP contribution in [0.4, 0.5) is 4.79 Å². The molecular weight excluding hydrogens is 304 g/mol. The van der Waals surface area contributed by atoms with Gasteiger partial charge in [0.1, 0.15) is 5.75 Å². The van der Waals surface area contributed by atoms with Crippen LogP contribution in [0.5, 0.6) is 5.75 Å². The number of carbonyl (C=O) groups excluding carboxylic acids is 1. The van der Waals surface area contributed by atoms with E-state index in [0.717, 1.165) is 12.8 Å². The Balaban J connectivity index is 1.76. The molecule has 0 saturated carbocycles. The van der Waals surface area contributed by atoms with E-state index in [1.807, 2.05) is 18.2 Å². The predicted octanol–water partition coefficient (Wildman–Crippen LogP) is 1.84. The van der Waals surface area contributed by atoms with Gasteiger partial charge in [0.15, 0.2) is 0 Å². The Labute approximate surface area is 131 Å². The van der Waals surface area contributed by atoms with E-state index in [9.17, 15) is 13.2 Å². The Morgan fingerprint density at radius 2 is 1.91 bits per heavy atom. The fourth-order valence-electron chi connectivity index (χ4n) is 2.32. The summed E-state index contributed by atoms with van der Waals surface area (Å²) in [7, 11) is -3.14. The number of nitrogens with zero attached hydrogens (tertiary/aromatic N) is 1. The van der Waals surface area contributed by atoms with Crippen LogP contribution in [0.2, 0.25) is 0 Å². The number of nitrogens with one attached hydrogen (secondary N) is 1. The smallest absolute Gasteiger partial charge is 0.410 e. The lowest BCUT2D eigenvalue weighted by atomic mass is 9.97. The average molecular weight is 326 g/mol. The Hall–Kier alpha value is -1.60. The number of benzene rings is 1. The zero-order valence-corrected chi connectivity index (χ0v) is 13.5. The van der Waals surface area contributed by atoms with Gasteiger partial charge in [-0.15, -0.1) is 0 Å². The molecule has 0 unspecified atom stereocenters. The summed E-state index contributed by atoms with van der Waals surface area (Å²) in [5, 5.41) is 0. The first-order valence-electron chi connectivity index (χ1n) is 7.49. The molecule has 1 saturated heterocycles. The fraction of sp³-hybridized carbons (Fsp3) is 0.533. The number of ether oxygens (including phenoxy) is 1. The van der Waals surface area contributed by atoms with E-state index in [4.69, 9.17) is 4.74 Å². The molecule has 0 spiro atoms. The molecule has 22 heavy (non-hydrogen) atoms. The number of carbonyl (C=O) groups is 1. The highest BCUT2D eigenvalue weighted by Crippen LogP contribution is 2.18. The van der Waals surface area contributed by atoms with Crippen molar-refractivity contribution < 1.29 is 17.9 Å². The molecule has 1 aliphatic rings. The third-order valence-electron chi connectivity index (χ3n) is 3.79. The number of amides is 1. The molecular formula is C15H22N2O4S. The third kappa shape index (κ3) is 4.99. The molecule has 1 heterocycles. The molecule has 6 nitrogen and oxygen atoms in total. The van der Waals surface area contributed by atoms with E-state index in [-0.39, 0.29) is 17.8 Å². The van der Waals surface area contributed by atoms with Crippen LogP contribution >= 0.6 is 0 Å². The molecule has 0 aromatic heterocycles. The zero-order chi connectivity index (χ0) is 16.0. The fourth-order valence-corrected chi connectivity index (χ4v) is 3.01. The van der Waals surface area contributed by atoms with Gasteiger partial charge in [-0.1, -0.05) is 18.2 Å². The van der Waals surface area contributed by atoms with Crippen LogP contribution in [0.1, 0.15) is 19.8 Å². The standard InChI is InChI=1S/C15H22N2O4S/c1-2-22(19,20)16-12-13-8-10-17(11-9-13)15(18)21-14-6-4-3-5-7-14/h3-7,13,16H,2,8-12H2,1H3. The molecule has 0 bridgehead atoms. The van der Waals surface area contributed by atoms with Gasteiger partial charge in [0, 0.05) is 19.6 Å². The van der Waals surface area contributed by atoms with Crippen molar-refractivity contribution in [3.05, 3.63) is 30.3 Å². The van der Waals surface area contributed by atoms with Gasteiger partial charge in [-0.2, -0.15) is 0 Å². The summed E-state index contributed by atoms with van der Waals surface area (Å²) in [4.78, 5) is 13.7. The number of piperidine rings is 1. The summed E-state index contributed by atoms with van der Waals surface area (Å²) < 4.78 is 30.7. The normalized spacial score (nSPS) is 16.5. The quantitative estimate of drug-likeness (QED) is 0.896. The van der Waals surface area contributed by atoms with E-state index in [2.05, 4.69) is 4.72 Å². The van der Waals surface area contributed by atoms with E-state index in [1.54, 1.807) is 24.0 Å². The van der Waals surface area contributed by atoms with E-state index in [0.29, 0.717) is 25.4 Å². The summed E-state index contributed by atoms with van der Waals surface area (Å²) in [6.07, 6.45) is 1.20. The van der Waals surface area contributed by atoms with Crippen molar-refractivity contribution in [2.45, 2.75) is 19.8 Å². The SMILES string of the molecule is CCS(=O)(=O)NCC1CCN(C(=O)Oc2ccccc2)CC1. The molecule has 1 aliphatic heterocycles. The highest BCUT2D eigenvalue weighted by Gasteiger charge is 2.24. The monoisotopic (exact) mass is 326 g/mol. The van der Waals surface area contributed by atoms with Gasteiger partial charge in [0.05, 0.1) is 5.75 Å². The minimum atomic E-state index is -3.14. The van der Waals surface area contributed by atoms with Crippen molar-refractivity contribution in [2.24, 2.45) is 5.92 Å². The molecule has 1 aromatic carbocycles. The van der Waals surface area contributed by atoms with Gasteiger partial charge < -0.3 is 9.64 Å². The molecule has 1 fully saturated rings. The number of hydrogen-bond acceptors (Lipinski definition) is 4. The number of likely N-dealkylation sites (tertiary alicyclic amines) is 1. The van der Waals surface area contributed by atoms with Crippen molar-refractivity contribution in [1.82, 2.24) is 9.62 Å². The molecule has 1 aromatic rings. The highest BCUT2D eigenvalue weighted by molar-refractivity contribution is 7.89. The van der Waals surface area contributed by atoms with Crippen LogP contribution in [-0.4, -0.2) is 44.8 Å². The Morgan fingerprint density at radius 3 is 2.50 bits per heavy atom. The molecule has 1 N–H and O–H groups in total. The number of rotatable bonds is 5. The Bertz CT molecular complexity index is 581. The molecule has 0 atom stereocenters. The van der Waals surface area contributed by atoms with Gasteiger partial charge in [0.25, 0.3) is 0 Å². The lowest BCUT2D eigenvalue weighted by Gasteiger charge is -2.31. The maximum atomic E-state index is 12.0. The van der Waals surface area contributed by atoms with Crippen molar-refractivity contribution in [1.29, 1.82) is 0 Å². The van der Waals surface area contributed by atoms with E-state index < -0.39 is 10.0 Å². The van der Waals surface area contributed by atoms with E-state index in [1.165, 1.54) is 0 Å². The van der Waals surface area contributed by atoms with Crippen molar-refractivity contribution >= 4 is 16.1 Å². The first-order valence-corrected chi connectivity index (χ1v) is 9.14. The summed E-state index contributed by atoms with van der Waals surface area (Å²) in [5.74, 6) is 0.891. The molecule has 1 amide bonds. The summed E-state index contributed by atoms with van der Waals surface area (Å²) >= 11 is 0. The third-order valence-corrected chi connectivity index (χ3v) is 5.16. The maximum absolute atomic E-state index is 12.0. The second kappa shape index (κ2) is 7.60. The number of sulfonamides is 1. The van der Waals surface area contributed by atoms with Crippen molar-refractivity contribution in [3.8, 4) is 5.75 Å². The first-order chi connectivity index (χ1) is 10.5. The lowest BCUT2D eigenvalue weighted by Crippen LogP contribution is -2.42. The van der Waals surface area contributed by atoms with Crippen LogP contribution in [0.25, 0.3) is 0 Å². The first kappa shape index (κ1) is 16.8. The molecule has 2 rings (SSSR count). The van der Waals surface area contributed by atoms with Crippen LogP contribution < -0.4 is 9.46 Å². The van der Waals surface area contributed by atoms with Crippen LogP contribution in [0.15, 0.2) is 30.3 Å². The average Bonchev–Trinajstić information content (AvgIpc) is 2.54. The van der Waals surface area contributed by atoms with Crippen LogP contribution in [0, 0.1) is 5.92 Å². The van der Waals surface area contributed by atoms with Crippen molar-refractivity contribution in [2.75, 3.05) is 25.4 Å². The number of para-hydroxylation sites is 1. The zero-order valence-electron chi connectivity index (χ0n) is 12.7. The lowest BCUT2D eigenvalue weighted by molar-refractivity contribution is 0.131.